The van der Waals surface area contributed by atoms with Crippen molar-refractivity contribution in [2.24, 2.45) is 11.8 Å². The highest BCUT2D eigenvalue weighted by molar-refractivity contribution is 7.89. The van der Waals surface area contributed by atoms with Crippen molar-refractivity contribution < 1.29 is 22.7 Å². The summed E-state index contributed by atoms with van der Waals surface area (Å²) in [7, 11) is -2.28. The van der Waals surface area contributed by atoms with Crippen LogP contribution >= 0.6 is 0 Å². The average Bonchev–Trinajstić information content (AvgIpc) is 2.73. The van der Waals surface area contributed by atoms with Crippen molar-refractivity contribution in [2.45, 2.75) is 38.1 Å². The van der Waals surface area contributed by atoms with E-state index in [1.165, 1.54) is 11.4 Å². The summed E-state index contributed by atoms with van der Waals surface area (Å²) >= 11 is 0. The van der Waals surface area contributed by atoms with Gasteiger partial charge in [-0.05, 0) is 43.4 Å². The third kappa shape index (κ3) is 5.07. The van der Waals surface area contributed by atoms with E-state index in [1.54, 1.807) is 18.2 Å². The molecule has 1 aromatic carbocycles. The summed E-state index contributed by atoms with van der Waals surface area (Å²) < 4.78 is 38.3. The van der Waals surface area contributed by atoms with Gasteiger partial charge in [-0.1, -0.05) is 13.8 Å². The van der Waals surface area contributed by atoms with Crippen LogP contribution in [0.1, 0.15) is 27.2 Å². The highest BCUT2D eigenvalue weighted by Gasteiger charge is 2.31. The molecule has 0 unspecified atom stereocenters. The van der Waals surface area contributed by atoms with Crippen LogP contribution in [0.5, 0.6) is 5.75 Å². The molecule has 0 bridgehead atoms. The number of anilines is 1. The summed E-state index contributed by atoms with van der Waals surface area (Å²) in [4.78, 5) is 14.9. The van der Waals surface area contributed by atoms with Gasteiger partial charge in [-0.2, -0.15) is 4.31 Å². The van der Waals surface area contributed by atoms with E-state index < -0.39 is 16.1 Å². The quantitative estimate of drug-likeness (QED) is 0.730. The number of carbonyl (C=O) groups is 1. The van der Waals surface area contributed by atoms with E-state index in [2.05, 4.69) is 19.2 Å². The monoisotopic (exact) mass is 439 g/mol. The number of carbonyl (C=O) groups excluding carboxylic acids is 1. The Morgan fingerprint density at radius 2 is 1.83 bits per heavy atom. The normalized spacial score (nSPS) is 24.3. The third-order valence-electron chi connectivity index (χ3n) is 5.69. The van der Waals surface area contributed by atoms with E-state index in [0.29, 0.717) is 43.8 Å². The zero-order chi connectivity index (χ0) is 21.9. The number of methoxy groups -OCH3 is 1. The van der Waals surface area contributed by atoms with Gasteiger partial charge in [0.25, 0.3) is 0 Å². The molecular formula is C21H33N3O5S. The zero-order valence-electron chi connectivity index (χ0n) is 18.3. The number of piperidine rings is 1. The minimum Gasteiger partial charge on any atom is -0.495 e. The van der Waals surface area contributed by atoms with Crippen LogP contribution in [0.4, 0.5) is 5.69 Å². The molecule has 3 atom stereocenters. The van der Waals surface area contributed by atoms with Crippen molar-refractivity contribution in [3.8, 4) is 5.75 Å². The Morgan fingerprint density at radius 1 is 1.20 bits per heavy atom. The van der Waals surface area contributed by atoms with Gasteiger partial charge < -0.3 is 19.7 Å². The first-order valence-corrected chi connectivity index (χ1v) is 12.0. The summed E-state index contributed by atoms with van der Waals surface area (Å²) in [5.74, 6) is 1.28. The van der Waals surface area contributed by atoms with Crippen LogP contribution in [-0.4, -0.2) is 76.1 Å². The second kappa shape index (κ2) is 9.53. The van der Waals surface area contributed by atoms with Gasteiger partial charge in [0.2, 0.25) is 15.9 Å². The number of amides is 1. The van der Waals surface area contributed by atoms with Gasteiger partial charge in [0.1, 0.15) is 16.7 Å². The molecule has 0 spiro atoms. The Labute approximate surface area is 179 Å². The number of ether oxygens (including phenoxy) is 2. The number of nitrogens with one attached hydrogen (secondary N) is 1. The molecule has 2 aliphatic rings. The van der Waals surface area contributed by atoms with Crippen LogP contribution in [0.2, 0.25) is 0 Å². The smallest absolute Gasteiger partial charge is 0.246 e. The van der Waals surface area contributed by atoms with Gasteiger partial charge in [-0.25, -0.2) is 8.42 Å². The number of morpholine rings is 1. The highest BCUT2D eigenvalue weighted by Crippen LogP contribution is 2.30. The first-order chi connectivity index (χ1) is 14.2. The summed E-state index contributed by atoms with van der Waals surface area (Å²) in [6.45, 7) is 9.03. The molecule has 2 fully saturated rings. The lowest BCUT2D eigenvalue weighted by Crippen LogP contribution is -2.48. The number of nitrogens with zero attached hydrogens (tertiary/aromatic N) is 2. The number of hydrogen-bond donors (Lipinski definition) is 1. The molecule has 3 rings (SSSR count). The van der Waals surface area contributed by atoms with Gasteiger partial charge in [-0.3, -0.25) is 4.79 Å². The van der Waals surface area contributed by atoms with E-state index in [-0.39, 0.29) is 16.6 Å². The van der Waals surface area contributed by atoms with Crippen LogP contribution in [0.15, 0.2) is 23.1 Å². The summed E-state index contributed by atoms with van der Waals surface area (Å²) in [6, 6.07) is 4.45. The van der Waals surface area contributed by atoms with E-state index in [4.69, 9.17) is 9.47 Å². The lowest BCUT2D eigenvalue weighted by Gasteiger charge is -2.36. The summed E-state index contributed by atoms with van der Waals surface area (Å²) in [6.07, 6.45) is 1.13. The highest BCUT2D eigenvalue weighted by atomic mass is 32.2. The fourth-order valence-corrected chi connectivity index (χ4v) is 5.91. The molecule has 0 aromatic heterocycles. The maximum absolute atomic E-state index is 13.1. The second-order valence-corrected chi connectivity index (χ2v) is 10.3. The maximum atomic E-state index is 13.1. The van der Waals surface area contributed by atoms with E-state index in [1.807, 2.05) is 11.8 Å². The number of hydrogen-bond acceptors (Lipinski definition) is 6. The molecule has 0 radical (unpaired) electrons. The average molecular weight is 440 g/mol. The minimum atomic E-state index is -3.73. The van der Waals surface area contributed by atoms with Crippen molar-refractivity contribution in [3.63, 3.8) is 0 Å². The third-order valence-corrected chi connectivity index (χ3v) is 7.61. The molecule has 30 heavy (non-hydrogen) atoms. The molecule has 1 amide bonds. The van der Waals surface area contributed by atoms with Gasteiger partial charge in [0.15, 0.2) is 0 Å². The topological polar surface area (TPSA) is 88.2 Å². The Bertz CT molecular complexity index is 844. The maximum Gasteiger partial charge on any atom is 0.246 e. The molecule has 2 saturated heterocycles. The second-order valence-electron chi connectivity index (χ2n) is 8.44. The standard InChI is InChI=1S/C21H33N3O5S/c1-15-11-16(2)14-23(13-15)21(25)17(3)22-18-5-6-19(28-4)20(12-18)30(26,27)24-7-9-29-10-8-24/h5-6,12,15-17,22H,7-11,13-14H2,1-4H3/t15-,16+,17-/m0/s1. The van der Waals surface area contributed by atoms with Crippen LogP contribution < -0.4 is 10.1 Å². The van der Waals surface area contributed by atoms with Crippen molar-refractivity contribution in [3.05, 3.63) is 18.2 Å². The Kier molecular flexibility index (Phi) is 7.26. The van der Waals surface area contributed by atoms with Crippen LogP contribution in [0.3, 0.4) is 0 Å². The molecule has 8 nitrogen and oxygen atoms in total. The number of benzene rings is 1. The molecule has 0 aliphatic carbocycles. The van der Waals surface area contributed by atoms with Gasteiger partial charge in [0.05, 0.1) is 20.3 Å². The van der Waals surface area contributed by atoms with Gasteiger partial charge in [-0.15, -0.1) is 0 Å². The number of rotatable bonds is 6. The Morgan fingerprint density at radius 3 is 2.43 bits per heavy atom. The lowest BCUT2D eigenvalue weighted by molar-refractivity contribution is -0.134. The molecule has 2 heterocycles. The Hall–Kier alpha value is -1.84. The molecular weight excluding hydrogens is 406 g/mol. The van der Waals surface area contributed by atoms with Crippen LogP contribution in [-0.2, 0) is 19.6 Å². The molecule has 9 heteroatoms. The Balaban J connectivity index is 1.78. The van der Waals surface area contributed by atoms with E-state index >= 15 is 0 Å². The fraction of sp³-hybridized carbons (Fsp3) is 0.667. The predicted molar refractivity (Wildman–Crippen MR) is 115 cm³/mol. The summed E-state index contributed by atoms with van der Waals surface area (Å²) in [5, 5.41) is 3.18. The first kappa shape index (κ1) is 22.8. The zero-order valence-corrected chi connectivity index (χ0v) is 19.1. The molecule has 1 aromatic rings. The largest absolute Gasteiger partial charge is 0.495 e. The van der Waals surface area contributed by atoms with E-state index in [0.717, 1.165) is 19.5 Å². The lowest BCUT2D eigenvalue weighted by atomic mass is 9.91. The fourth-order valence-electron chi connectivity index (χ4n) is 4.32. The minimum absolute atomic E-state index is 0.0294. The SMILES string of the molecule is COc1ccc(N[C@@H](C)C(=O)N2C[C@H](C)C[C@H](C)C2)cc1S(=O)(=O)N1CCOCC1. The van der Waals surface area contributed by atoms with Gasteiger partial charge >= 0.3 is 0 Å². The molecule has 168 valence electrons. The number of sulfonamides is 1. The molecule has 2 aliphatic heterocycles. The first-order valence-electron chi connectivity index (χ1n) is 10.5. The predicted octanol–water partition coefficient (Wildman–Crippen LogP) is 2.02. The number of likely N-dealkylation sites (tertiary alicyclic amines) is 1. The van der Waals surface area contributed by atoms with Gasteiger partial charge in [0, 0.05) is 31.9 Å². The van der Waals surface area contributed by atoms with Crippen LogP contribution in [0.25, 0.3) is 0 Å². The molecule has 0 saturated carbocycles. The van der Waals surface area contributed by atoms with E-state index in [9.17, 15) is 13.2 Å². The molecule has 1 N–H and O–H groups in total. The van der Waals surface area contributed by atoms with Crippen molar-refractivity contribution >= 4 is 21.6 Å². The van der Waals surface area contributed by atoms with Crippen molar-refractivity contribution in [2.75, 3.05) is 51.8 Å². The van der Waals surface area contributed by atoms with Crippen LogP contribution in [0, 0.1) is 11.8 Å². The van der Waals surface area contributed by atoms with Crippen molar-refractivity contribution in [1.82, 2.24) is 9.21 Å². The van der Waals surface area contributed by atoms with Crippen molar-refractivity contribution in [1.29, 1.82) is 0 Å². The summed E-state index contributed by atoms with van der Waals surface area (Å²) in [5.41, 5.74) is 0.571.